The Morgan fingerprint density at radius 3 is 2.86 bits per heavy atom. The van der Waals surface area contributed by atoms with Gasteiger partial charge in [0, 0.05) is 17.0 Å². The van der Waals surface area contributed by atoms with E-state index in [1.807, 2.05) is 18.2 Å². The van der Waals surface area contributed by atoms with Gasteiger partial charge in [-0.2, -0.15) is 10.3 Å². The number of hydrogen-bond donors (Lipinski definition) is 4. The lowest BCUT2D eigenvalue weighted by Gasteiger charge is -2.27. The number of nitrogens with two attached hydrogens (primary N) is 1. The topological polar surface area (TPSA) is 130 Å². The molecule has 0 aliphatic carbocycles. The average Bonchev–Trinajstić information content (AvgIpc) is 3.01. The van der Waals surface area contributed by atoms with E-state index < -0.39 is 5.91 Å². The number of amidine groups is 1. The van der Waals surface area contributed by atoms with Gasteiger partial charge in [-0.15, -0.1) is 0 Å². The lowest BCUT2D eigenvalue weighted by atomic mass is 10.1. The summed E-state index contributed by atoms with van der Waals surface area (Å²) in [5, 5.41) is 21.2. The molecular weight excluding hydrogens is 354 g/mol. The molecule has 0 saturated carbocycles. The van der Waals surface area contributed by atoms with Gasteiger partial charge in [-0.05, 0) is 50.3 Å². The Hall–Kier alpha value is -4.12. The minimum absolute atomic E-state index is 0.0174. The summed E-state index contributed by atoms with van der Waals surface area (Å²) in [6.45, 7) is 3.37. The van der Waals surface area contributed by atoms with Crippen LogP contribution >= 0.6 is 0 Å². The maximum absolute atomic E-state index is 12.7. The van der Waals surface area contributed by atoms with Crippen LogP contribution in [0.1, 0.15) is 25.0 Å². The Kier molecular flexibility index (Phi) is 5.09. The number of amides is 1. The Morgan fingerprint density at radius 1 is 1.36 bits per heavy atom. The van der Waals surface area contributed by atoms with Crippen LogP contribution in [0, 0.1) is 16.7 Å². The lowest BCUT2D eigenvalue weighted by Crippen LogP contribution is -2.38. The third-order valence-corrected chi connectivity index (χ3v) is 4.02. The first-order valence-electron chi connectivity index (χ1n) is 8.48. The summed E-state index contributed by atoms with van der Waals surface area (Å²) < 4.78 is 0. The van der Waals surface area contributed by atoms with E-state index in [9.17, 15) is 4.79 Å². The van der Waals surface area contributed by atoms with Crippen molar-refractivity contribution in [3.8, 4) is 6.07 Å². The summed E-state index contributed by atoms with van der Waals surface area (Å²) in [6, 6.07) is 9.28. The first-order chi connectivity index (χ1) is 13.4. The minimum Gasteiger partial charge on any atom is -0.384 e. The number of hydrazine groups is 1. The molecule has 8 nitrogen and oxygen atoms in total. The van der Waals surface area contributed by atoms with E-state index in [0.717, 1.165) is 11.3 Å². The van der Waals surface area contributed by atoms with Gasteiger partial charge in [0.05, 0.1) is 17.3 Å². The number of aliphatic imine (C=N–C) groups is 1. The second-order valence-electron chi connectivity index (χ2n) is 6.23. The predicted octanol–water partition coefficient (Wildman–Crippen LogP) is 1.88. The van der Waals surface area contributed by atoms with Gasteiger partial charge in [0.15, 0.2) is 5.70 Å². The van der Waals surface area contributed by atoms with Gasteiger partial charge >= 0.3 is 0 Å². The van der Waals surface area contributed by atoms with Gasteiger partial charge in [0.25, 0.3) is 5.91 Å². The van der Waals surface area contributed by atoms with Crippen LogP contribution in [0.5, 0.6) is 0 Å². The lowest BCUT2D eigenvalue weighted by molar-refractivity contribution is -0.115. The molecule has 1 aromatic carbocycles. The first-order valence-corrected chi connectivity index (χ1v) is 8.48. The van der Waals surface area contributed by atoms with Gasteiger partial charge in [0.2, 0.25) is 0 Å². The Bertz CT molecular complexity index is 1050. The monoisotopic (exact) mass is 373 g/mol. The van der Waals surface area contributed by atoms with Crippen LogP contribution in [-0.4, -0.2) is 22.5 Å². The fourth-order valence-corrected chi connectivity index (χ4v) is 2.74. The van der Waals surface area contributed by atoms with E-state index in [-0.39, 0.29) is 5.84 Å². The number of rotatable bonds is 4. The molecule has 5 N–H and O–H groups in total. The highest BCUT2D eigenvalue weighted by molar-refractivity contribution is 6.08. The number of fused-ring (bicyclic) bond motifs is 1. The van der Waals surface area contributed by atoms with Crippen LogP contribution in [-0.2, 0) is 4.79 Å². The number of benzene rings is 1. The molecule has 2 aliphatic heterocycles. The zero-order chi connectivity index (χ0) is 20.3. The molecule has 140 valence electrons. The number of nitriles is 1. The van der Waals surface area contributed by atoms with Gasteiger partial charge < -0.3 is 16.5 Å². The number of carbonyl (C=O) groups excluding carboxylic acids is 1. The molecule has 2 aliphatic rings. The maximum Gasteiger partial charge on any atom is 0.299 e. The molecule has 0 spiro atoms. The van der Waals surface area contributed by atoms with Crippen LogP contribution in [0.25, 0.3) is 5.70 Å². The van der Waals surface area contributed by atoms with Crippen LogP contribution in [0.3, 0.4) is 0 Å². The summed E-state index contributed by atoms with van der Waals surface area (Å²) in [5.41, 5.74) is 12.3. The molecule has 28 heavy (non-hydrogen) atoms. The summed E-state index contributed by atoms with van der Waals surface area (Å²) in [4.78, 5) is 16.6. The summed E-state index contributed by atoms with van der Waals surface area (Å²) >= 11 is 0. The molecule has 0 aromatic heterocycles. The molecule has 0 radical (unpaired) electrons. The van der Waals surface area contributed by atoms with Crippen molar-refractivity contribution in [1.82, 2.24) is 15.8 Å². The van der Waals surface area contributed by atoms with E-state index >= 15 is 0 Å². The average molecular weight is 373 g/mol. The molecule has 0 atom stereocenters. The quantitative estimate of drug-likeness (QED) is 0.471. The van der Waals surface area contributed by atoms with E-state index in [0.29, 0.717) is 28.5 Å². The minimum atomic E-state index is -0.516. The fraction of sp³-hybridized carbons (Fsp3) is 0.100. The smallest absolute Gasteiger partial charge is 0.299 e. The molecule has 0 unspecified atom stereocenters. The molecule has 1 amide bonds. The molecule has 0 fully saturated rings. The number of carbonyl (C=O) groups is 1. The maximum atomic E-state index is 12.7. The number of nitrogens with one attached hydrogen (secondary N) is 3. The van der Waals surface area contributed by atoms with Gasteiger partial charge in [-0.3, -0.25) is 10.2 Å². The van der Waals surface area contributed by atoms with Crippen molar-refractivity contribution in [1.29, 1.82) is 10.7 Å². The van der Waals surface area contributed by atoms with Crippen molar-refractivity contribution < 1.29 is 4.79 Å². The molecule has 1 aromatic rings. The van der Waals surface area contributed by atoms with Crippen molar-refractivity contribution in [2.45, 2.75) is 13.8 Å². The molecule has 8 heteroatoms. The Morgan fingerprint density at radius 2 is 2.14 bits per heavy atom. The molecule has 3 rings (SSSR count). The molecule has 0 bridgehead atoms. The van der Waals surface area contributed by atoms with Crippen molar-refractivity contribution in [3.05, 3.63) is 76.9 Å². The van der Waals surface area contributed by atoms with E-state index in [4.69, 9.17) is 16.4 Å². The molecular formula is C20H19N7O. The van der Waals surface area contributed by atoms with E-state index in [2.05, 4.69) is 21.8 Å². The van der Waals surface area contributed by atoms with Crippen LogP contribution in [0.15, 0.2) is 70.8 Å². The SMILES string of the molecule is CC(=N)/C=C\C(N)=NC(=O)C1=C(C)NC2=CC=C(c3cccc(C#N)c3)NN21. The van der Waals surface area contributed by atoms with Crippen molar-refractivity contribution in [3.63, 3.8) is 0 Å². The van der Waals surface area contributed by atoms with Crippen molar-refractivity contribution in [2.24, 2.45) is 10.7 Å². The zero-order valence-corrected chi connectivity index (χ0v) is 15.4. The summed E-state index contributed by atoms with van der Waals surface area (Å²) in [5.74, 6) is 0.183. The molecule has 0 saturated heterocycles. The van der Waals surface area contributed by atoms with E-state index in [1.165, 1.54) is 12.2 Å². The summed E-state index contributed by atoms with van der Waals surface area (Å²) in [6.07, 6.45) is 6.58. The number of hydrogen-bond acceptors (Lipinski definition) is 6. The second-order valence-corrected chi connectivity index (χ2v) is 6.23. The Balaban J connectivity index is 1.86. The Labute approximate surface area is 162 Å². The van der Waals surface area contributed by atoms with E-state index in [1.54, 1.807) is 37.1 Å². The number of allylic oxidation sites excluding steroid dienone is 4. The van der Waals surface area contributed by atoms with Crippen molar-refractivity contribution >= 4 is 23.2 Å². The third-order valence-electron chi connectivity index (χ3n) is 4.02. The highest BCUT2D eigenvalue weighted by Crippen LogP contribution is 2.28. The third kappa shape index (κ3) is 3.83. The molecule has 2 heterocycles. The van der Waals surface area contributed by atoms with Crippen LogP contribution in [0.4, 0.5) is 0 Å². The van der Waals surface area contributed by atoms with Gasteiger partial charge in [-0.25, -0.2) is 5.01 Å². The number of nitrogens with zero attached hydrogens (tertiary/aromatic N) is 3. The largest absolute Gasteiger partial charge is 0.384 e. The fourth-order valence-electron chi connectivity index (χ4n) is 2.74. The zero-order valence-electron chi connectivity index (χ0n) is 15.4. The normalized spacial score (nSPS) is 16.0. The highest BCUT2D eigenvalue weighted by Gasteiger charge is 2.32. The van der Waals surface area contributed by atoms with Gasteiger partial charge in [-0.1, -0.05) is 12.1 Å². The standard InChI is InChI=1S/C20H19N7O/c1-12(22)6-8-17(23)25-20(28)19-13(2)24-18-9-7-16(26-27(18)19)15-5-3-4-14(10-15)11-21/h3-10,22,24,26H,1-2H3,(H2,23,25,28)/b8-6-,22-12?. The van der Waals surface area contributed by atoms with Crippen LogP contribution < -0.4 is 16.5 Å². The van der Waals surface area contributed by atoms with Crippen molar-refractivity contribution in [2.75, 3.05) is 0 Å². The first kappa shape index (κ1) is 18.7. The second kappa shape index (κ2) is 7.63. The highest BCUT2D eigenvalue weighted by atomic mass is 16.2. The predicted molar refractivity (Wildman–Crippen MR) is 107 cm³/mol. The summed E-state index contributed by atoms with van der Waals surface area (Å²) in [7, 11) is 0. The van der Waals surface area contributed by atoms with Crippen LogP contribution in [0.2, 0.25) is 0 Å². The van der Waals surface area contributed by atoms with Gasteiger partial charge in [0.1, 0.15) is 11.7 Å².